The molecule has 1 aromatic heterocycles. The number of nitrogens with one attached hydrogen (secondary N) is 1. The molecule has 100 valence electrons. The number of pyridine rings is 1. The first-order valence-corrected chi connectivity index (χ1v) is 6.49. The van der Waals surface area contributed by atoms with Crippen molar-refractivity contribution in [2.24, 2.45) is 5.73 Å². The summed E-state index contributed by atoms with van der Waals surface area (Å²) in [5.74, 6) is -0.411. The SMILES string of the molecule is NCCNc1cc2c(cc1F)c(=O)ccn2C1CC1. The molecule has 5 heteroatoms. The lowest BCUT2D eigenvalue weighted by Gasteiger charge is -2.12. The predicted molar refractivity (Wildman–Crippen MR) is 74.0 cm³/mol. The van der Waals surface area contributed by atoms with Gasteiger partial charge in [-0.25, -0.2) is 4.39 Å². The van der Waals surface area contributed by atoms with E-state index < -0.39 is 5.82 Å². The molecule has 1 aliphatic carbocycles. The van der Waals surface area contributed by atoms with Crippen molar-refractivity contribution in [2.75, 3.05) is 18.4 Å². The smallest absolute Gasteiger partial charge is 0.189 e. The molecule has 3 rings (SSSR count). The maximum atomic E-state index is 13.9. The van der Waals surface area contributed by atoms with Crippen LogP contribution in [-0.4, -0.2) is 17.7 Å². The fraction of sp³-hybridized carbons (Fsp3) is 0.357. The van der Waals surface area contributed by atoms with Crippen LogP contribution in [0.1, 0.15) is 18.9 Å². The Morgan fingerprint density at radius 2 is 2.21 bits per heavy atom. The molecule has 0 bridgehead atoms. The van der Waals surface area contributed by atoms with Crippen molar-refractivity contribution in [3.8, 4) is 0 Å². The third-order valence-electron chi connectivity index (χ3n) is 3.42. The van der Waals surface area contributed by atoms with Crippen LogP contribution in [0.2, 0.25) is 0 Å². The van der Waals surface area contributed by atoms with E-state index >= 15 is 0 Å². The highest BCUT2D eigenvalue weighted by atomic mass is 19.1. The third-order valence-corrected chi connectivity index (χ3v) is 3.42. The molecule has 0 saturated heterocycles. The van der Waals surface area contributed by atoms with Crippen LogP contribution in [-0.2, 0) is 0 Å². The Bertz CT molecular complexity index is 676. The molecule has 1 aromatic carbocycles. The summed E-state index contributed by atoms with van der Waals surface area (Å²) in [6.45, 7) is 0.935. The van der Waals surface area contributed by atoms with Gasteiger partial charge in [-0.1, -0.05) is 0 Å². The van der Waals surface area contributed by atoms with Crippen LogP contribution in [0.4, 0.5) is 10.1 Å². The molecule has 0 radical (unpaired) electrons. The van der Waals surface area contributed by atoms with Crippen LogP contribution in [0.5, 0.6) is 0 Å². The van der Waals surface area contributed by atoms with E-state index in [0.717, 1.165) is 18.4 Å². The maximum Gasteiger partial charge on any atom is 0.189 e. The summed E-state index contributed by atoms with van der Waals surface area (Å²) in [7, 11) is 0. The lowest BCUT2D eigenvalue weighted by atomic mass is 10.1. The minimum Gasteiger partial charge on any atom is -0.381 e. The average molecular weight is 261 g/mol. The lowest BCUT2D eigenvalue weighted by Crippen LogP contribution is -2.15. The zero-order valence-corrected chi connectivity index (χ0v) is 10.5. The minimum absolute atomic E-state index is 0.142. The number of aromatic nitrogens is 1. The summed E-state index contributed by atoms with van der Waals surface area (Å²) in [4.78, 5) is 11.8. The van der Waals surface area contributed by atoms with E-state index in [4.69, 9.17) is 5.73 Å². The number of hydrogen-bond acceptors (Lipinski definition) is 3. The molecule has 1 fully saturated rings. The number of hydrogen-bond donors (Lipinski definition) is 2. The number of anilines is 1. The van der Waals surface area contributed by atoms with Crippen molar-refractivity contribution in [2.45, 2.75) is 18.9 Å². The number of nitrogens with two attached hydrogens (primary N) is 1. The molecule has 1 saturated carbocycles. The van der Waals surface area contributed by atoms with Gasteiger partial charge in [0, 0.05) is 36.8 Å². The van der Waals surface area contributed by atoms with Crippen LogP contribution in [0.3, 0.4) is 0 Å². The Morgan fingerprint density at radius 1 is 1.42 bits per heavy atom. The lowest BCUT2D eigenvalue weighted by molar-refractivity contribution is 0.631. The maximum absolute atomic E-state index is 13.9. The number of rotatable bonds is 4. The highest BCUT2D eigenvalue weighted by Gasteiger charge is 2.24. The Morgan fingerprint density at radius 3 is 2.89 bits per heavy atom. The molecule has 1 heterocycles. The number of halogens is 1. The zero-order chi connectivity index (χ0) is 13.4. The molecular weight excluding hydrogens is 245 g/mol. The van der Waals surface area contributed by atoms with Gasteiger partial charge < -0.3 is 15.6 Å². The summed E-state index contributed by atoms with van der Waals surface area (Å²) < 4.78 is 16.0. The number of benzene rings is 1. The summed E-state index contributed by atoms with van der Waals surface area (Å²) in [5, 5.41) is 3.38. The fourth-order valence-electron chi connectivity index (χ4n) is 2.30. The standard InChI is InChI=1S/C14H16FN3O/c15-11-7-10-13(8-12(11)17-5-4-16)18(9-1-2-9)6-3-14(10)19/h3,6-9,17H,1-2,4-5,16H2. The molecule has 19 heavy (non-hydrogen) atoms. The normalized spacial score (nSPS) is 14.8. The molecule has 0 aliphatic heterocycles. The first-order valence-electron chi connectivity index (χ1n) is 6.49. The largest absolute Gasteiger partial charge is 0.381 e. The van der Waals surface area contributed by atoms with E-state index in [-0.39, 0.29) is 5.43 Å². The number of nitrogens with zero attached hydrogens (tertiary/aromatic N) is 1. The van der Waals surface area contributed by atoms with Gasteiger partial charge in [0.1, 0.15) is 5.82 Å². The summed E-state index contributed by atoms with van der Waals surface area (Å²) >= 11 is 0. The summed E-state index contributed by atoms with van der Waals surface area (Å²) in [6.07, 6.45) is 4.02. The van der Waals surface area contributed by atoms with E-state index in [1.54, 1.807) is 12.3 Å². The van der Waals surface area contributed by atoms with Crippen LogP contribution >= 0.6 is 0 Å². The molecule has 4 nitrogen and oxygen atoms in total. The van der Waals surface area contributed by atoms with Gasteiger partial charge in [0.05, 0.1) is 11.2 Å². The molecular formula is C14H16FN3O. The first kappa shape index (κ1) is 12.2. The molecule has 0 unspecified atom stereocenters. The Hall–Kier alpha value is -1.88. The second-order valence-electron chi connectivity index (χ2n) is 4.88. The Kier molecular flexibility index (Phi) is 2.98. The molecule has 0 amide bonds. The van der Waals surface area contributed by atoms with Crippen molar-refractivity contribution in [3.63, 3.8) is 0 Å². The van der Waals surface area contributed by atoms with E-state index in [1.807, 2.05) is 0 Å². The van der Waals surface area contributed by atoms with Gasteiger partial charge >= 0.3 is 0 Å². The van der Waals surface area contributed by atoms with Crippen LogP contribution in [0.15, 0.2) is 29.2 Å². The van der Waals surface area contributed by atoms with Crippen molar-refractivity contribution in [1.29, 1.82) is 0 Å². The van der Waals surface area contributed by atoms with Gasteiger partial charge in [-0.05, 0) is 25.0 Å². The van der Waals surface area contributed by atoms with Gasteiger partial charge in [0.25, 0.3) is 0 Å². The molecule has 1 aliphatic rings. The second kappa shape index (κ2) is 4.66. The fourth-order valence-corrected chi connectivity index (χ4v) is 2.30. The van der Waals surface area contributed by atoms with E-state index in [0.29, 0.717) is 30.2 Å². The first-order chi connectivity index (χ1) is 9.20. The minimum atomic E-state index is -0.411. The van der Waals surface area contributed by atoms with Crippen molar-refractivity contribution >= 4 is 16.6 Å². The Balaban J connectivity index is 2.18. The van der Waals surface area contributed by atoms with Crippen LogP contribution in [0.25, 0.3) is 10.9 Å². The Labute approximate surface area is 110 Å². The van der Waals surface area contributed by atoms with E-state index in [9.17, 15) is 9.18 Å². The quantitative estimate of drug-likeness (QED) is 0.883. The van der Waals surface area contributed by atoms with Gasteiger partial charge in [-0.3, -0.25) is 4.79 Å². The van der Waals surface area contributed by atoms with Crippen molar-refractivity contribution in [1.82, 2.24) is 4.57 Å². The van der Waals surface area contributed by atoms with Gasteiger partial charge in [0.15, 0.2) is 5.43 Å². The zero-order valence-electron chi connectivity index (χ0n) is 10.5. The highest BCUT2D eigenvalue weighted by molar-refractivity contribution is 5.83. The van der Waals surface area contributed by atoms with E-state index in [1.165, 1.54) is 12.1 Å². The summed E-state index contributed by atoms with van der Waals surface area (Å²) in [5.41, 5.74) is 6.46. The molecule has 3 N–H and O–H groups in total. The van der Waals surface area contributed by atoms with Gasteiger partial charge in [-0.15, -0.1) is 0 Å². The van der Waals surface area contributed by atoms with Crippen LogP contribution in [0, 0.1) is 5.82 Å². The topological polar surface area (TPSA) is 60.0 Å². The third kappa shape index (κ3) is 2.21. The average Bonchev–Trinajstić information content (AvgIpc) is 3.22. The monoisotopic (exact) mass is 261 g/mol. The molecule has 0 atom stereocenters. The van der Waals surface area contributed by atoms with E-state index in [2.05, 4.69) is 9.88 Å². The van der Waals surface area contributed by atoms with Crippen molar-refractivity contribution in [3.05, 3.63) is 40.4 Å². The van der Waals surface area contributed by atoms with Gasteiger partial charge in [-0.2, -0.15) is 0 Å². The van der Waals surface area contributed by atoms with Crippen molar-refractivity contribution < 1.29 is 4.39 Å². The van der Waals surface area contributed by atoms with Crippen LogP contribution < -0.4 is 16.5 Å². The second-order valence-corrected chi connectivity index (χ2v) is 4.88. The molecule has 2 aromatic rings. The predicted octanol–water partition coefficient (Wildman–Crippen LogP) is 1.85. The highest BCUT2D eigenvalue weighted by Crippen LogP contribution is 2.37. The summed E-state index contributed by atoms with van der Waals surface area (Å²) in [6, 6.07) is 4.97. The molecule has 0 spiro atoms. The van der Waals surface area contributed by atoms with Gasteiger partial charge in [0.2, 0.25) is 0 Å². The number of fused-ring (bicyclic) bond motifs is 1.